The summed E-state index contributed by atoms with van der Waals surface area (Å²) in [5.74, 6) is -1.79. The fourth-order valence-corrected chi connectivity index (χ4v) is 3.21. The van der Waals surface area contributed by atoms with Gasteiger partial charge in [-0.3, -0.25) is 24.6 Å². The van der Waals surface area contributed by atoms with Crippen LogP contribution in [0.3, 0.4) is 0 Å². The first-order valence-corrected chi connectivity index (χ1v) is 9.01. The molecule has 7 heteroatoms. The second-order valence-corrected chi connectivity index (χ2v) is 6.30. The third-order valence-electron chi connectivity index (χ3n) is 4.39. The predicted molar refractivity (Wildman–Crippen MR) is 97.0 cm³/mol. The quantitative estimate of drug-likeness (QED) is 0.684. The number of nitrogens with one attached hydrogen (secondary N) is 1. The van der Waals surface area contributed by atoms with E-state index in [0.29, 0.717) is 24.9 Å². The first-order valence-electron chi connectivity index (χ1n) is 9.01. The van der Waals surface area contributed by atoms with Crippen LogP contribution < -0.4 is 10.2 Å². The highest BCUT2D eigenvalue weighted by Crippen LogP contribution is 2.27. The number of para-hydroxylation sites is 1. The molecule has 0 fully saturated rings. The van der Waals surface area contributed by atoms with Crippen molar-refractivity contribution in [2.45, 2.75) is 51.6 Å². The minimum Gasteiger partial charge on any atom is -0.480 e. The van der Waals surface area contributed by atoms with Gasteiger partial charge in [0.05, 0.1) is 12.6 Å². The van der Waals surface area contributed by atoms with Gasteiger partial charge in [0.25, 0.3) is 0 Å². The van der Waals surface area contributed by atoms with Crippen molar-refractivity contribution in [3.63, 3.8) is 0 Å². The number of ether oxygens (including phenoxy) is 1. The van der Waals surface area contributed by atoms with Gasteiger partial charge in [-0.15, -0.1) is 0 Å². The van der Waals surface area contributed by atoms with Gasteiger partial charge < -0.3 is 9.84 Å². The van der Waals surface area contributed by atoms with Gasteiger partial charge in [-0.1, -0.05) is 31.5 Å². The zero-order valence-corrected chi connectivity index (χ0v) is 15.2. The number of fused-ring (bicyclic) bond motifs is 1. The fourth-order valence-electron chi connectivity index (χ4n) is 3.21. The van der Waals surface area contributed by atoms with Crippen molar-refractivity contribution in [3.8, 4) is 0 Å². The molecule has 0 spiro atoms. The molecule has 0 aliphatic carbocycles. The average Bonchev–Trinajstić information content (AvgIpc) is 2.73. The van der Waals surface area contributed by atoms with Crippen LogP contribution in [0.5, 0.6) is 0 Å². The van der Waals surface area contributed by atoms with Crippen molar-refractivity contribution in [1.29, 1.82) is 0 Å². The molecular formula is C19H26N2O5. The van der Waals surface area contributed by atoms with E-state index in [1.165, 1.54) is 4.90 Å². The molecule has 1 aliphatic rings. The van der Waals surface area contributed by atoms with Crippen LogP contribution in [0.1, 0.15) is 38.7 Å². The Kier molecular flexibility index (Phi) is 7.15. The SMILES string of the molecule is CCC[C@H](NC1CCc2ccccc2N(CC(=O)O)C1=O)C(=O)OCC. The zero-order valence-electron chi connectivity index (χ0n) is 15.2. The van der Waals surface area contributed by atoms with Gasteiger partial charge in [0, 0.05) is 5.69 Å². The molecule has 0 saturated carbocycles. The Labute approximate surface area is 153 Å². The number of aliphatic carboxylic acids is 1. The van der Waals surface area contributed by atoms with Gasteiger partial charge in [0.15, 0.2) is 0 Å². The fraction of sp³-hybridized carbons (Fsp3) is 0.526. The van der Waals surface area contributed by atoms with Crippen LogP contribution in [0.4, 0.5) is 5.69 Å². The van der Waals surface area contributed by atoms with Gasteiger partial charge in [-0.25, -0.2) is 0 Å². The number of hydrogen-bond donors (Lipinski definition) is 2. The number of esters is 1. The van der Waals surface area contributed by atoms with Gasteiger partial charge in [0.1, 0.15) is 12.6 Å². The maximum Gasteiger partial charge on any atom is 0.323 e. The van der Waals surface area contributed by atoms with E-state index in [1.54, 1.807) is 19.1 Å². The summed E-state index contributed by atoms with van der Waals surface area (Å²) in [7, 11) is 0. The van der Waals surface area contributed by atoms with Gasteiger partial charge in [-0.05, 0) is 37.8 Å². The summed E-state index contributed by atoms with van der Waals surface area (Å²) in [5, 5.41) is 12.3. The van der Waals surface area contributed by atoms with Crippen LogP contribution in [0, 0.1) is 0 Å². The van der Waals surface area contributed by atoms with E-state index >= 15 is 0 Å². The highest BCUT2D eigenvalue weighted by Gasteiger charge is 2.34. The first-order chi connectivity index (χ1) is 12.5. The molecule has 1 aromatic rings. The molecule has 1 aliphatic heterocycles. The van der Waals surface area contributed by atoms with E-state index in [9.17, 15) is 19.5 Å². The highest BCUT2D eigenvalue weighted by atomic mass is 16.5. The Balaban J connectivity index is 2.26. The summed E-state index contributed by atoms with van der Waals surface area (Å²) < 4.78 is 5.10. The molecule has 2 N–H and O–H groups in total. The zero-order chi connectivity index (χ0) is 19.1. The lowest BCUT2D eigenvalue weighted by Crippen LogP contribution is -2.53. The standard InChI is InChI=1S/C19H26N2O5/c1-3-7-15(19(25)26-4-2)20-14-11-10-13-8-5-6-9-16(13)21(18(14)24)12-17(22)23/h5-6,8-9,14-15,20H,3-4,7,10-12H2,1-2H3,(H,22,23)/t14?,15-/m0/s1. The number of rotatable bonds is 8. The summed E-state index contributed by atoms with van der Waals surface area (Å²) in [6.07, 6.45) is 2.42. The molecule has 142 valence electrons. The molecular weight excluding hydrogens is 336 g/mol. The van der Waals surface area contributed by atoms with Crippen molar-refractivity contribution < 1.29 is 24.2 Å². The van der Waals surface area contributed by atoms with E-state index in [2.05, 4.69) is 5.32 Å². The minimum absolute atomic E-state index is 0.274. The third-order valence-corrected chi connectivity index (χ3v) is 4.39. The Morgan fingerprint density at radius 2 is 2.08 bits per heavy atom. The average molecular weight is 362 g/mol. The second kappa shape index (κ2) is 9.33. The molecule has 1 aromatic carbocycles. The van der Waals surface area contributed by atoms with E-state index < -0.39 is 24.6 Å². The van der Waals surface area contributed by atoms with E-state index in [1.807, 2.05) is 19.1 Å². The van der Waals surface area contributed by atoms with Gasteiger partial charge in [-0.2, -0.15) is 0 Å². The highest BCUT2D eigenvalue weighted by molar-refractivity contribution is 6.02. The van der Waals surface area contributed by atoms with Gasteiger partial charge in [0.2, 0.25) is 5.91 Å². The molecule has 0 bridgehead atoms. The topological polar surface area (TPSA) is 95.9 Å². The molecule has 2 rings (SSSR count). The summed E-state index contributed by atoms with van der Waals surface area (Å²) in [4.78, 5) is 37.7. The molecule has 0 saturated heterocycles. The molecule has 0 radical (unpaired) electrons. The summed E-state index contributed by atoms with van der Waals surface area (Å²) in [6, 6.07) is 6.09. The Bertz CT molecular complexity index is 661. The summed E-state index contributed by atoms with van der Waals surface area (Å²) in [6.45, 7) is 3.56. The molecule has 1 unspecified atom stereocenters. The molecule has 7 nitrogen and oxygen atoms in total. The van der Waals surface area contributed by atoms with Crippen LogP contribution >= 0.6 is 0 Å². The molecule has 1 heterocycles. The second-order valence-electron chi connectivity index (χ2n) is 6.30. The number of hydrogen-bond acceptors (Lipinski definition) is 5. The van der Waals surface area contributed by atoms with Crippen molar-refractivity contribution in [2.24, 2.45) is 0 Å². The smallest absolute Gasteiger partial charge is 0.323 e. The number of carbonyl (C=O) groups is 3. The molecule has 0 aromatic heterocycles. The maximum absolute atomic E-state index is 13.0. The number of anilines is 1. The van der Waals surface area contributed by atoms with Crippen molar-refractivity contribution in [2.75, 3.05) is 18.1 Å². The third kappa shape index (κ3) is 4.82. The van der Waals surface area contributed by atoms with Crippen molar-refractivity contribution in [1.82, 2.24) is 5.32 Å². The van der Waals surface area contributed by atoms with Crippen LogP contribution in [-0.2, 0) is 25.5 Å². The van der Waals surface area contributed by atoms with E-state index in [4.69, 9.17) is 4.74 Å². The van der Waals surface area contributed by atoms with Gasteiger partial charge >= 0.3 is 11.9 Å². The lowest BCUT2D eigenvalue weighted by atomic mass is 10.0. The van der Waals surface area contributed by atoms with E-state index in [-0.39, 0.29) is 18.5 Å². The van der Waals surface area contributed by atoms with Crippen LogP contribution in [0.25, 0.3) is 0 Å². The molecule has 26 heavy (non-hydrogen) atoms. The number of nitrogens with zero attached hydrogens (tertiary/aromatic N) is 1. The van der Waals surface area contributed by atoms with Crippen molar-refractivity contribution >= 4 is 23.5 Å². The molecule has 1 amide bonds. The number of benzene rings is 1. The minimum atomic E-state index is -1.08. The van der Waals surface area contributed by atoms with Crippen molar-refractivity contribution in [3.05, 3.63) is 29.8 Å². The number of carboxylic acid groups (broad SMARTS) is 1. The summed E-state index contributed by atoms with van der Waals surface area (Å²) >= 11 is 0. The predicted octanol–water partition coefficient (Wildman–Crippen LogP) is 1.74. The number of amides is 1. The Morgan fingerprint density at radius 3 is 2.73 bits per heavy atom. The van der Waals surface area contributed by atoms with Crippen LogP contribution in [0.2, 0.25) is 0 Å². The number of carboxylic acids is 1. The largest absolute Gasteiger partial charge is 0.480 e. The Morgan fingerprint density at radius 1 is 1.35 bits per heavy atom. The number of carbonyl (C=O) groups excluding carboxylic acids is 2. The number of aryl methyl sites for hydroxylation is 1. The first kappa shape index (κ1) is 19.9. The lowest BCUT2D eigenvalue weighted by Gasteiger charge is -2.27. The Hall–Kier alpha value is -2.41. The normalized spacial score (nSPS) is 18.0. The van der Waals surface area contributed by atoms with Crippen LogP contribution in [-0.4, -0.2) is 48.2 Å². The van der Waals surface area contributed by atoms with Crippen LogP contribution in [0.15, 0.2) is 24.3 Å². The summed E-state index contributed by atoms with van der Waals surface area (Å²) in [5.41, 5.74) is 1.54. The molecule has 2 atom stereocenters. The maximum atomic E-state index is 13.0. The van der Waals surface area contributed by atoms with E-state index in [0.717, 1.165) is 12.0 Å². The monoisotopic (exact) mass is 362 g/mol. The lowest BCUT2D eigenvalue weighted by molar-refractivity contribution is -0.146.